The first-order valence-corrected chi connectivity index (χ1v) is 9.08. The number of benzene rings is 1. The molecule has 25 heavy (non-hydrogen) atoms. The van der Waals surface area contributed by atoms with Crippen molar-refractivity contribution in [3.8, 4) is 0 Å². The van der Waals surface area contributed by atoms with E-state index in [1.807, 2.05) is 42.9 Å². The maximum absolute atomic E-state index is 5.98. The average Bonchev–Trinajstić information content (AvgIpc) is 2.66. The number of pyridine rings is 2. The second kappa shape index (κ2) is 7.24. The van der Waals surface area contributed by atoms with Crippen molar-refractivity contribution in [2.45, 2.75) is 32.1 Å². The number of hydrogen-bond donors (Lipinski definition) is 1. The Morgan fingerprint density at radius 3 is 2.40 bits per heavy atom. The Morgan fingerprint density at radius 1 is 0.920 bits per heavy atom. The van der Waals surface area contributed by atoms with Gasteiger partial charge in [0, 0.05) is 29.3 Å². The zero-order chi connectivity index (χ0) is 17.1. The fraction of sp³-hybridized carbons (Fsp3) is 0.238. The Bertz CT molecular complexity index is 860. The molecule has 0 amide bonds. The fourth-order valence-corrected chi connectivity index (χ4v) is 3.60. The third-order valence-electron chi connectivity index (χ3n) is 4.74. The first-order valence-electron chi connectivity index (χ1n) is 8.71. The largest absolute Gasteiger partial charge is 0.340 e. The zero-order valence-corrected chi connectivity index (χ0v) is 14.8. The lowest BCUT2D eigenvalue weighted by molar-refractivity contribution is 0.678. The van der Waals surface area contributed by atoms with Crippen LogP contribution >= 0.6 is 11.6 Å². The summed E-state index contributed by atoms with van der Waals surface area (Å²) in [5.74, 6) is 0.982. The molecule has 2 heterocycles. The molecule has 4 rings (SSSR count). The lowest BCUT2D eigenvalue weighted by Gasteiger charge is -2.22. The molecule has 3 nitrogen and oxygen atoms in total. The van der Waals surface area contributed by atoms with Crippen molar-refractivity contribution in [3.05, 3.63) is 82.3 Å². The third-order valence-corrected chi connectivity index (χ3v) is 4.99. The Balaban J connectivity index is 1.66. The zero-order valence-electron chi connectivity index (χ0n) is 14.0. The van der Waals surface area contributed by atoms with Gasteiger partial charge in [-0.2, -0.15) is 0 Å². The SMILES string of the molecule is Clc1ccc(Nc2ncc(Cc3ccncc3)c3c2CCCC3)cc1. The van der Waals surface area contributed by atoms with Crippen LogP contribution in [0.15, 0.2) is 55.0 Å². The molecule has 1 aliphatic rings. The Labute approximate surface area is 153 Å². The second-order valence-corrected chi connectivity index (χ2v) is 6.90. The minimum atomic E-state index is 0.744. The summed E-state index contributed by atoms with van der Waals surface area (Å²) < 4.78 is 0. The molecule has 0 atom stereocenters. The van der Waals surface area contributed by atoms with Gasteiger partial charge in [-0.25, -0.2) is 4.98 Å². The van der Waals surface area contributed by atoms with E-state index in [2.05, 4.69) is 22.4 Å². The summed E-state index contributed by atoms with van der Waals surface area (Å²) in [5.41, 5.74) is 6.47. The van der Waals surface area contributed by atoms with E-state index >= 15 is 0 Å². The molecule has 4 heteroatoms. The third kappa shape index (κ3) is 3.67. The summed E-state index contributed by atoms with van der Waals surface area (Å²) in [6.45, 7) is 0. The fourth-order valence-electron chi connectivity index (χ4n) is 3.47. The normalized spacial score (nSPS) is 13.3. The van der Waals surface area contributed by atoms with Crippen LogP contribution in [0.25, 0.3) is 0 Å². The number of rotatable bonds is 4. The van der Waals surface area contributed by atoms with E-state index in [-0.39, 0.29) is 0 Å². The van der Waals surface area contributed by atoms with Crippen LogP contribution in [0.5, 0.6) is 0 Å². The number of nitrogens with zero attached hydrogens (tertiary/aromatic N) is 2. The highest BCUT2D eigenvalue weighted by Gasteiger charge is 2.18. The molecular formula is C21H20ClN3. The maximum Gasteiger partial charge on any atom is 0.133 e. The van der Waals surface area contributed by atoms with Gasteiger partial charge in [-0.15, -0.1) is 0 Å². The predicted octanol–water partition coefficient (Wildman–Crippen LogP) is 5.34. The predicted molar refractivity (Wildman–Crippen MR) is 103 cm³/mol. The van der Waals surface area contributed by atoms with Crippen molar-refractivity contribution in [3.63, 3.8) is 0 Å². The number of nitrogens with one attached hydrogen (secondary N) is 1. The highest BCUT2D eigenvalue weighted by molar-refractivity contribution is 6.30. The molecule has 1 aromatic carbocycles. The molecular weight excluding hydrogens is 330 g/mol. The average molecular weight is 350 g/mol. The summed E-state index contributed by atoms with van der Waals surface area (Å²) in [7, 11) is 0. The molecule has 0 saturated carbocycles. The van der Waals surface area contributed by atoms with Gasteiger partial charge in [-0.1, -0.05) is 11.6 Å². The monoisotopic (exact) mass is 349 g/mol. The van der Waals surface area contributed by atoms with Gasteiger partial charge < -0.3 is 5.32 Å². The van der Waals surface area contributed by atoms with Crippen LogP contribution in [0.2, 0.25) is 5.02 Å². The van der Waals surface area contributed by atoms with Crippen molar-refractivity contribution in [2.75, 3.05) is 5.32 Å². The van der Waals surface area contributed by atoms with Gasteiger partial charge >= 0.3 is 0 Å². The van der Waals surface area contributed by atoms with E-state index in [9.17, 15) is 0 Å². The van der Waals surface area contributed by atoms with Crippen molar-refractivity contribution in [1.29, 1.82) is 0 Å². The van der Waals surface area contributed by atoms with Crippen LogP contribution in [0.4, 0.5) is 11.5 Å². The van der Waals surface area contributed by atoms with E-state index in [0.717, 1.165) is 35.8 Å². The minimum absolute atomic E-state index is 0.744. The number of aromatic nitrogens is 2. The molecule has 3 aromatic rings. The number of halogens is 1. The maximum atomic E-state index is 5.98. The van der Waals surface area contributed by atoms with Gasteiger partial charge in [-0.05, 0) is 90.8 Å². The number of anilines is 2. The van der Waals surface area contributed by atoms with E-state index in [4.69, 9.17) is 16.6 Å². The number of fused-ring (bicyclic) bond motifs is 1. The molecule has 0 unspecified atom stereocenters. The molecule has 0 saturated heterocycles. The van der Waals surface area contributed by atoms with Crippen LogP contribution in [0.3, 0.4) is 0 Å². The number of hydrogen-bond acceptors (Lipinski definition) is 3. The molecule has 0 aliphatic heterocycles. The van der Waals surface area contributed by atoms with Crippen LogP contribution in [-0.2, 0) is 19.3 Å². The van der Waals surface area contributed by atoms with Crippen LogP contribution in [0.1, 0.15) is 35.1 Å². The highest BCUT2D eigenvalue weighted by Crippen LogP contribution is 2.32. The molecule has 0 fully saturated rings. The van der Waals surface area contributed by atoms with Crippen molar-refractivity contribution in [1.82, 2.24) is 9.97 Å². The molecule has 1 N–H and O–H groups in total. The summed E-state index contributed by atoms with van der Waals surface area (Å²) in [6.07, 6.45) is 11.3. The minimum Gasteiger partial charge on any atom is -0.340 e. The quantitative estimate of drug-likeness (QED) is 0.690. The molecule has 0 spiro atoms. The van der Waals surface area contributed by atoms with E-state index in [1.165, 1.54) is 35.1 Å². The first kappa shape index (κ1) is 16.1. The molecule has 2 aromatic heterocycles. The highest BCUT2D eigenvalue weighted by atomic mass is 35.5. The molecule has 126 valence electrons. The molecule has 0 bridgehead atoms. The topological polar surface area (TPSA) is 37.8 Å². The van der Waals surface area contributed by atoms with Crippen molar-refractivity contribution < 1.29 is 0 Å². The lowest BCUT2D eigenvalue weighted by atomic mass is 9.87. The van der Waals surface area contributed by atoms with Gasteiger partial charge in [-0.3, -0.25) is 4.98 Å². The van der Waals surface area contributed by atoms with Crippen molar-refractivity contribution >= 4 is 23.1 Å². The lowest BCUT2D eigenvalue weighted by Crippen LogP contribution is -2.11. The van der Waals surface area contributed by atoms with Gasteiger partial charge in [0.25, 0.3) is 0 Å². The Kier molecular flexibility index (Phi) is 4.66. The Morgan fingerprint density at radius 2 is 1.64 bits per heavy atom. The van der Waals surface area contributed by atoms with Crippen LogP contribution < -0.4 is 5.32 Å². The smallest absolute Gasteiger partial charge is 0.133 e. The van der Waals surface area contributed by atoms with Gasteiger partial charge in [0.05, 0.1) is 0 Å². The molecule has 0 radical (unpaired) electrons. The van der Waals surface area contributed by atoms with Gasteiger partial charge in [0.2, 0.25) is 0 Å². The molecule has 1 aliphatic carbocycles. The standard InChI is InChI=1S/C21H20ClN3/c22-17-5-7-18(8-6-17)25-21-20-4-2-1-3-19(20)16(14-24-21)13-15-9-11-23-12-10-15/h5-12,14H,1-4,13H2,(H,24,25). The summed E-state index contributed by atoms with van der Waals surface area (Å²) in [6, 6.07) is 11.9. The van der Waals surface area contributed by atoms with Crippen molar-refractivity contribution in [2.24, 2.45) is 0 Å². The first-order chi connectivity index (χ1) is 12.3. The van der Waals surface area contributed by atoms with Gasteiger partial charge in [0.15, 0.2) is 0 Å². The van der Waals surface area contributed by atoms with E-state index < -0.39 is 0 Å². The van der Waals surface area contributed by atoms with Crippen LogP contribution in [-0.4, -0.2) is 9.97 Å². The summed E-state index contributed by atoms with van der Waals surface area (Å²) in [5, 5.41) is 4.21. The summed E-state index contributed by atoms with van der Waals surface area (Å²) >= 11 is 5.98. The van der Waals surface area contributed by atoms with E-state index in [1.54, 1.807) is 0 Å². The second-order valence-electron chi connectivity index (χ2n) is 6.46. The van der Waals surface area contributed by atoms with Gasteiger partial charge in [0.1, 0.15) is 5.82 Å². The van der Waals surface area contributed by atoms with E-state index in [0.29, 0.717) is 0 Å². The summed E-state index contributed by atoms with van der Waals surface area (Å²) in [4.78, 5) is 8.85. The Hall–Kier alpha value is -2.39. The van der Waals surface area contributed by atoms with Crippen LogP contribution in [0, 0.1) is 0 Å².